The van der Waals surface area contributed by atoms with Crippen molar-refractivity contribution in [3.05, 3.63) is 62.9 Å². The summed E-state index contributed by atoms with van der Waals surface area (Å²) in [6.45, 7) is 4.27. The molecule has 0 atom stereocenters. The smallest absolute Gasteiger partial charge is 0.264 e. The lowest BCUT2D eigenvalue weighted by molar-refractivity contribution is 0.242. The first kappa shape index (κ1) is 16.0. The lowest BCUT2D eigenvalue weighted by atomic mass is 10.1. The molecule has 0 radical (unpaired) electrons. The Morgan fingerprint density at radius 1 is 1.13 bits per heavy atom. The molecule has 1 heterocycles. The van der Waals surface area contributed by atoms with Gasteiger partial charge in [-0.3, -0.25) is 0 Å². The lowest BCUT2D eigenvalue weighted by Gasteiger charge is -2.08. The van der Waals surface area contributed by atoms with E-state index >= 15 is 0 Å². The van der Waals surface area contributed by atoms with Crippen LogP contribution in [0.25, 0.3) is 11.4 Å². The van der Waals surface area contributed by atoms with Crippen LogP contribution in [-0.4, -0.2) is 10.1 Å². The van der Waals surface area contributed by atoms with Crippen molar-refractivity contribution in [3.63, 3.8) is 0 Å². The zero-order valence-corrected chi connectivity index (χ0v) is 15.0. The minimum absolute atomic E-state index is 0.223. The zero-order chi connectivity index (χ0) is 16.4. The van der Waals surface area contributed by atoms with E-state index in [1.807, 2.05) is 38.1 Å². The van der Waals surface area contributed by atoms with Crippen LogP contribution in [0, 0.1) is 13.8 Å². The fourth-order valence-corrected chi connectivity index (χ4v) is 2.52. The molecule has 0 aliphatic heterocycles. The number of aryl methyl sites for hydroxylation is 2. The molecule has 0 saturated heterocycles. The third kappa shape index (κ3) is 3.74. The summed E-state index contributed by atoms with van der Waals surface area (Å²) in [5.74, 6) is 1.71. The summed E-state index contributed by atoms with van der Waals surface area (Å²) in [6, 6.07) is 11.2. The average Bonchev–Trinajstić information content (AvgIpc) is 3.00. The summed E-state index contributed by atoms with van der Waals surface area (Å²) >= 11 is 9.41. The van der Waals surface area contributed by atoms with E-state index in [0.29, 0.717) is 16.7 Å². The van der Waals surface area contributed by atoms with E-state index in [2.05, 4.69) is 26.1 Å². The molecule has 0 N–H and O–H groups in total. The molecule has 4 nitrogen and oxygen atoms in total. The standard InChI is InChI=1S/C17H14BrClN2O2/c1-10-7-14(8-11(2)16(10)18)22-9-15-20-17(21-23-15)12-3-5-13(19)6-4-12/h3-8H,9H2,1-2H3. The van der Waals surface area contributed by atoms with Crippen molar-refractivity contribution in [2.24, 2.45) is 0 Å². The molecule has 0 bridgehead atoms. The number of rotatable bonds is 4. The fraction of sp³-hybridized carbons (Fsp3) is 0.176. The number of aromatic nitrogens is 2. The van der Waals surface area contributed by atoms with Gasteiger partial charge in [0.15, 0.2) is 6.61 Å². The molecule has 3 aromatic rings. The molecule has 0 aliphatic rings. The van der Waals surface area contributed by atoms with Crippen LogP contribution in [-0.2, 0) is 6.61 Å². The van der Waals surface area contributed by atoms with Crippen LogP contribution in [0.3, 0.4) is 0 Å². The minimum atomic E-state index is 0.223. The Kier molecular flexibility index (Phi) is 4.68. The van der Waals surface area contributed by atoms with Crippen molar-refractivity contribution in [1.29, 1.82) is 0 Å². The number of nitrogens with zero attached hydrogens (tertiary/aromatic N) is 2. The second-order valence-corrected chi connectivity index (χ2v) is 6.41. The zero-order valence-electron chi connectivity index (χ0n) is 12.6. The van der Waals surface area contributed by atoms with Gasteiger partial charge in [-0.25, -0.2) is 0 Å². The summed E-state index contributed by atoms with van der Waals surface area (Å²) in [4.78, 5) is 4.33. The highest BCUT2D eigenvalue weighted by molar-refractivity contribution is 9.10. The summed E-state index contributed by atoms with van der Waals surface area (Å²) in [5, 5.41) is 4.63. The van der Waals surface area contributed by atoms with Crippen molar-refractivity contribution < 1.29 is 9.26 Å². The summed E-state index contributed by atoms with van der Waals surface area (Å²) in [7, 11) is 0. The van der Waals surface area contributed by atoms with Crippen molar-refractivity contribution in [1.82, 2.24) is 10.1 Å². The molecule has 0 spiro atoms. The third-order valence-electron chi connectivity index (χ3n) is 3.34. The topological polar surface area (TPSA) is 48.2 Å². The molecule has 1 aromatic heterocycles. The Bertz CT molecular complexity index is 808. The molecular weight excluding hydrogens is 380 g/mol. The number of benzene rings is 2. The molecule has 6 heteroatoms. The molecule has 0 aliphatic carbocycles. The molecule has 0 unspecified atom stereocenters. The lowest BCUT2D eigenvalue weighted by Crippen LogP contribution is -1.97. The van der Waals surface area contributed by atoms with Crippen molar-refractivity contribution in [3.8, 4) is 17.1 Å². The van der Waals surface area contributed by atoms with Gasteiger partial charge in [-0.1, -0.05) is 32.7 Å². The van der Waals surface area contributed by atoms with Crippen LogP contribution >= 0.6 is 27.5 Å². The quantitative estimate of drug-likeness (QED) is 0.599. The van der Waals surface area contributed by atoms with Crippen LogP contribution in [0.4, 0.5) is 0 Å². The number of ether oxygens (including phenoxy) is 1. The number of hydrogen-bond donors (Lipinski definition) is 0. The van der Waals surface area contributed by atoms with Gasteiger partial charge in [0.1, 0.15) is 5.75 Å². The summed E-state index contributed by atoms with van der Waals surface area (Å²) < 4.78 is 12.1. The maximum Gasteiger partial charge on any atom is 0.264 e. The predicted molar refractivity (Wildman–Crippen MR) is 92.7 cm³/mol. The van der Waals surface area contributed by atoms with Gasteiger partial charge in [0.2, 0.25) is 5.82 Å². The van der Waals surface area contributed by atoms with Gasteiger partial charge < -0.3 is 9.26 Å². The maximum absolute atomic E-state index is 5.87. The Labute approximate surface area is 147 Å². The van der Waals surface area contributed by atoms with Crippen LogP contribution in [0.5, 0.6) is 5.75 Å². The normalized spacial score (nSPS) is 10.8. The van der Waals surface area contributed by atoms with E-state index in [1.54, 1.807) is 12.1 Å². The Balaban J connectivity index is 1.71. The molecule has 0 saturated carbocycles. The first-order valence-electron chi connectivity index (χ1n) is 7.01. The van der Waals surface area contributed by atoms with Crippen LogP contribution in [0.2, 0.25) is 5.02 Å². The second kappa shape index (κ2) is 6.72. The molecule has 0 amide bonds. The SMILES string of the molecule is Cc1cc(OCc2nc(-c3ccc(Cl)cc3)no2)cc(C)c1Br. The summed E-state index contributed by atoms with van der Waals surface area (Å²) in [5.41, 5.74) is 3.08. The van der Waals surface area contributed by atoms with Gasteiger partial charge in [0.05, 0.1) is 0 Å². The van der Waals surface area contributed by atoms with Crippen LogP contribution in [0.15, 0.2) is 45.4 Å². The second-order valence-electron chi connectivity index (χ2n) is 5.18. The van der Waals surface area contributed by atoms with Gasteiger partial charge >= 0.3 is 0 Å². The van der Waals surface area contributed by atoms with Crippen molar-refractivity contribution in [2.45, 2.75) is 20.5 Å². The van der Waals surface area contributed by atoms with E-state index in [-0.39, 0.29) is 6.61 Å². The summed E-state index contributed by atoms with van der Waals surface area (Å²) in [6.07, 6.45) is 0. The van der Waals surface area contributed by atoms with Gasteiger partial charge in [-0.2, -0.15) is 4.98 Å². The van der Waals surface area contributed by atoms with E-state index < -0.39 is 0 Å². The molecular formula is C17H14BrClN2O2. The largest absolute Gasteiger partial charge is 0.484 e. The van der Waals surface area contributed by atoms with Gasteiger partial charge in [0.25, 0.3) is 5.89 Å². The maximum atomic E-state index is 5.87. The molecule has 23 heavy (non-hydrogen) atoms. The average molecular weight is 394 g/mol. The Morgan fingerprint density at radius 3 is 2.43 bits per heavy atom. The van der Waals surface area contributed by atoms with Gasteiger partial charge in [-0.05, 0) is 61.4 Å². The van der Waals surface area contributed by atoms with Gasteiger partial charge in [-0.15, -0.1) is 0 Å². The first-order valence-corrected chi connectivity index (χ1v) is 8.18. The number of halogens is 2. The molecule has 3 rings (SSSR count). The Hall–Kier alpha value is -1.85. The van der Waals surface area contributed by atoms with E-state index in [4.69, 9.17) is 20.9 Å². The molecule has 118 valence electrons. The first-order chi connectivity index (χ1) is 11.0. The highest BCUT2D eigenvalue weighted by Crippen LogP contribution is 2.27. The molecule has 2 aromatic carbocycles. The van der Waals surface area contributed by atoms with Crippen LogP contribution in [0.1, 0.15) is 17.0 Å². The van der Waals surface area contributed by atoms with E-state index in [0.717, 1.165) is 26.9 Å². The van der Waals surface area contributed by atoms with Crippen molar-refractivity contribution in [2.75, 3.05) is 0 Å². The van der Waals surface area contributed by atoms with Crippen molar-refractivity contribution >= 4 is 27.5 Å². The highest BCUT2D eigenvalue weighted by atomic mass is 79.9. The predicted octanol–water partition coefficient (Wildman–Crippen LogP) is 5.35. The highest BCUT2D eigenvalue weighted by Gasteiger charge is 2.10. The third-order valence-corrected chi connectivity index (χ3v) is 4.85. The fourth-order valence-electron chi connectivity index (χ4n) is 2.16. The number of hydrogen-bond acceptors (Lipinski definition) is 4. The van der Waals surface area contributed by atoms with E-state index in [1.165, 1.54) is 0 Å². The van der Waals surface area contributed by atoms with Gasteiger partial charge in [0, 0.05) is 15.1 Å². The monoisotopic (exact) mass is 392 g/mol. The Morgan fingerprint density at radius 2 is 1.78 bits per heavy atom. The van der Waals surface area contributed by atoms with E-state index in [9.17, 15) is 0 Å². The molecule has 0 fully saturated rings. The van der Waals surface area contributed by atoms with Crippen LogP contribution < -0.4 is 4.74 Å². The minimum Gasteiger partial charge on any atom is -0.484 e.